The average molecular weight is 310 g/mol. The Kier molecular flexibility index (Phi) is 3.13. The van der Waals surface area contributed by atoms with Gasteiger partial charge in [-0.2, -0.15) is 0 Å². The molecule has 0 saturated carbocycles. The van der Waals surface area contributed by atoms with Gasteiger partial charge in [-0.05, 0) is 6.07 Å². The molecule has 0 saturated heterocycles. The van der Waals surface area contributed by atoms with Crippen LogP contribution < -0.4 is 4.90 Å². The maximum absolute atomic E-state index is 13.9. The van der Waals surface area contributed by atoms with E-state index in [2.05, 4.69) is 9.97 Å². The number of rotatable bonds is 2. The highest BCUT2D eigenvalue weighted by atomic mass is 35.5. The molecule has 0 fully saturated rings. The van der Waals surface area contributed by atoms with Gasteiger partial charge in [0.15, 0.2) is 5.82 Å². The zero-order valence-corrected chi connectivity index (χ0v) is 11.1. The number of carbonyl (C=O) groups is 2. The monoisotopic (exact) mass is 309 g/mol. The zero-order valence-electron chi connectivity index (χ0n) is 10.3. The third kappa shape index (κ3) is 2.25. The van der Waals surface area contributed by atoms with Gasteiger partial charge in [-0.25, -0.2) is 13.8 Å². The molecule has 5 nitrogen and oxygen atoms in total. The Labute approximate surface area is 122 Å². The molecule has 0 N–H and O–H groups in total. The minimum Gasteiger partial charge on any atom is -0.296 e. The summed E-state index contributed by atoms with van der Waals surface area (Å²) in [5, 5.41) is 0.163. The third-order valence-corrected chi connectivity index (χ3v) is 3.17. The van der Waals surface area contributed by atoms with Crippen LogP contribution in [0.15, 0.2) is 24.5 Å². The van der Waals surface area contributed by atoms with Crippen LogP contribution in [0.25, 0.3) is 0 Å². The molecule has 0 atom stereocenters. The van der Waals surface area contributed by atoms with Crippen LogP contribution in [0, 0.1) is 11.6 Å². The van der Waals surface area contributed by atoms with Crippen molar-refractivity contribution in [1.29, 1.82) is 0 Å². The molecular formula is C13H6ClF2N3O2. The number of nitrogens with zero attached hydrogens (tertiary/aromatic N) is 3. The molecule has 0 unspecified atom stereocenters. The first-order chi connectivity index (χ1) is 9.97. The standard InChI is InChI=1S/C13H6ClF2N3O2/c14-10-4-17-7(3-18-10)5-19-11-8(12(20)13(19)21)1-6(15)2-9(11)16/h1-4H,5H2. The molecule has 0 spiro atoms. The maximum Gasteiger partial charge on any atom is 0.299 e. The van der Waals surface area contributed by atoms with E-state index in [4.69, 9.17) is 11.6 Å². The quantitative estimate of drug-likeness (QED) is 0.797. The lowest BCUT2D eigenvalue weighted by Crippen LogP contribution is -2.30. The van der Waals surface area contributed by atoms with Crippen LogP contribution in [-0.4, -0.2) is 21.7 Å². The molecule has 1 amide bonds. The average Bonchev–Trinajstić information content (AvgIpc) is 2.67. The number of Topliss-reactive ketones (excluding diaryl/α,β-unsaturated/α-hetero) is 1. The second-order valence-electron chi connectivity index (χ2n) is 4.33. The zero-order chi connectivity index (χ0) is 15.1. The van der Waals surface area contributed by atoms with E-state index in [0.29, 0.717) is 11.8 Å². The Hall–Kier alpha value is -2.41. The number of benzene rings is 1. The van der Waals surface area contributed by atoms with E-state index in [9.17, 15) is 18.4 Å². The fourth-order valence-corrected chi connectivity index (χ4v) is 2.18. The van der Waals surface area contributed by atoms with E-state index in [1.165, 1.54) is 12.4 Å². The number of hydrogen-bond acceptors (Lipinski definition) is 4. The van der Waals surface area contributed by atoms with Crippen molar-refractivity contribution in [3.63, 3.8) is 0 Å². The summed E-state index contributed by atoms with van der Waals surface area (Å²) in [5.74, 6) is -3.79. The number of aromatic nitrogens is 2. The van der Waals surface area contributed by atoms with Gasteiger partial charge < -0.3 is 0 Å². The minimum atomic E-state index is -0.980. The lowest BCUT2D eigenvalue weighted by atomic mass is 10.1. The smallest absolute Gasteiger partial charge is 0.296 e. The number of halogens is 3. The van der Waals surface area contributed by atoms with Gasteiger partial charge in [-0.15, -0.1) is 0 Å². The first-order valence-electron chi connectivity index (χ1n) is 5.79. The highest BCUT2D eigenvalue weighted by molar-refractivity contribution is 6.52. The van der Waals surface area contributed by atoms with Crippen molar-refractivity contribution in [2.75, 3.05) is 4.90 Å². The number of hydrogen-bond donors (Lipinski definition) is 0. The molecular weight excluding hydrogens is 304 g/mol. The van der Waals surface area contributed by atoms with Crippen molar-refractivity contribution in [2.24, 2.45) is 0 Å². The van der Waals surface area contributed by atoms with Crippen LogP contribution >= 0.6 is 11.6 Å². The maximum atomic E-state index is 13.9. The number of amides is 1. The fraction of sp³-hybridized carbons (Fsp3) is 0.0769. The SMILES string of the molecule is O=C1C(=O)N(Cc2cnc(Cl)cn2)c2c(F)cc(F)cc21. The van der Waals surface area contributed by atoms with Gasteiger partial charge in [0.1, 0.15) is 11.0 Å². The largest absolute Gasteiger partial charge is 0.299 e. The van der Waals surface area contributed by atoms with Crippen molar-refractivity contribution in [1.82, 2.24) is 9.97 Å². The molecule has 1 aliphatic rings. The van der Waals surface area contributed by atoms with Gasteiger partial charge in [-0.1, -0.05) is 11.6 Å². The van der Waals surface area contributed by atoms with Crippen molar-refractivity contribution in [3.8, 4) is 0 Å². The summed E-state index contributed by atoms with van der Waals surface area (Å²) in [6.45, 7) is -0.162. The van der Waals surface area contributed by atoms with Gasteiger partial charge in [-0.3, -0.25) is 19.5 Å². The molecule has 0 aliphatic carbocycles. The summed E-state index contributed by atoms with van der Waals surface area (Å²) in [4.78, 5) is 32.3. The van der Waals surface area contributed by atoms with Crippen LogP contribution in [0.5, 0.6) is 0 Å². The van der Waals surface area contributed by atoms with Gasteiger partial charge in [0.05, 0.1) is 35.9 Å². The molecule has 2 aromatic rings. The van der Waals surface area contributed by atoms with E-state index in [0.717, 1.165) is 11.0 Å². The van der Waals surface area contributed by atoms with E-state index in [1.807, 2.05) is 0 Å². The highest BCUT2D eigenvalue weighted by Gasteiger charge is 2.38. The number of ketones is 1. The van der Waals surface area contributed by atoms with Crippen molar-refractivity contribution in [2.45, 2.75) is 6.54 Å². The van der Waals surface area contributed by atoms with Crippen LogP contribution in [0.3, 0.4) is 0 Å². The Morgan fingerprint density at radius 3 is 2.57 bits per heavy atom. The Morgan fingerprint density at radius 1 is 1.14 bits per heavy atom. The molecule has 1 aliphatic heterocycles. The summed E-state index contributed by atoms with van der Waals surface area (Å²) in [7, 11) is 0. The number of anilines is 1. The molecule has 1 aromatic carbocycles. The second kappa shape index (κ2) is 4.85. The minimum absolute atomic E-state index is 0.162. The molecule has 2 heterocycles. The molecule has 21 heavy (non-hydrogen) atoms. The first-order valence-corrected chi connectivity index (χ1v) is 6.17. The van der Waals surface area contributed by atoms with Crippen molar-refractivity contribution in [3.05, 3.63) is 52.6 Å². The number of fused-ring (bicyclic) bond motifs is 1. The molecule has 0 bridgehead atoms. The lowest BCUT2D eigenvalue weighted by Gasteiger charge is -2.16. The molecule has 0 radical (unpaired) electrons. The van der Waals surface area contributed by atoms with E-state index < -0.39 is 23.3 Å². The molecule has 1 aromatic heterocycles. The topological polar surface area (TPSA) is 63.2 Å². The van der Waals surface area contributed by atoms with E-state index in [-0.39, 0.29) is 22.9 Å². The summed E-state index contributed by atoms with van der Waals surface area (Å²) in [6.07, 6.45) is 2.57. The summed E-state index contributed by atoms with van der Waals surface area (Å²) >= 11 is 5.59. The second-order valence-corrected chi connectivity index (χ2v) is 4.72. The van der Waals surface area contributed by atoms with Gasteiger partial charge in [0.2, 0.25) is 0 Å². The van der Waals surface area contributed by atoms with E-state index >= 15 is 0 Å². The van der Waals surface area contributed by atoms with Crippen LogP contribution in [-0.2, 0) is 11.3 Å². The lowest BCUT2D eigenvalue weighted by molar-refractivity contribution is -0.114. The van der Waals surface area contributed by atoms with Gasteiger partial charge in [0, 0.05) is 6.07 Å². The molecule has 3 rings (SSSR count). The van der Waals surface area contributed by atoms with Crippen LogP contribution in [0.1, 0.15) is 16.1 Å². The Bertz CT molecular complexity index is 765. The first kappa shape index (κ1) is 13.6. The van der Waals surface area contributed by atoms with Gasteiger partial charge >= 0.3 is 0 Å². The highest BCUT2D eigenvalue weighted by Crippen LogP contribution is 2.33. The van der Waals surface area contributed by atoms with Crippen LogP contribution in [0.2, 0.25) is 5.15 Å². The molecule has 8 heteroatoms. The molecule has 106 valence electrons. The Morgan fingerprint density at radius 2 is 1.90 bits per heavy atom. The summed E-state index contributed by atoms with van der Waals surface area (Å²) in [5.41, 5.74) is -0.223. The Balaban J connectivity index is 2.03. The van der Waals surface area contributed by atoms with Gasteiger partial charge in [0.25, 0.3) is 11.7 Å². The van der Waals surface area contributed by atoms with E-state index in [1.54, 1.807) is 0 Å². The fourth-order valence-electron chi connectivity index (χ4n) is 2.09. The van der Waals surface area contributed by atoms with Crippen LogP contribution in [0.4, 0.5) is 14.5 Å². The summed E-state index contributed by atoms with van der Waals surface area (Å²) < 4.78 is 27.0. The number of carbonyl (C=O) groups excluding carboxylic acids is 2. The third-order valence-electron chi connectivity index (χ3n) is 2.98. The summed E-state index contributed by atoms with van der Waals surface area (Å²) in [6, 6.07) is 1.46. The van der Waals surface area contributed by atoms with Crippen molar-refractivity contribution < 1.29 is 18.4 Å². The predicted octanol–water partition coefficient (Wildman–Crippen LogP) is 2.14. The predicted molar refractivity (Wildman–Crippen MR) is 68.9 cm³/mol. The normalized spacial score (nSPS) is 13.8. The van der Waals surface area contributed by atoms with Crippen molar-refractivity contribution >= 4 is 29.0 Å².